The lowest BCUT2D eigenvalue weighted by Gasteiger charge is -2.21. The fraction of sp³-hybridized carbons (Fsp3) is 0.643. The molecule has 1 saturated carbocycles. The molecule has 1 N–H and O–H groups in total. The van der Waals surface area contributed by atoms with E-state index in [9.17, 15) is 0 Å². The van der Waals surface area contributed by atoms with E-state index in [1.807, 2.05) is 11.3 Å². The number of thiophene rings is 1. The van der Waals surface area contributed by atoms with E-state index in [0.29, 0.717) is 0 Å². The van der Waals surface area contributed by atoms with Crippen LogP contribution in [0.2, 0.25) is 0 Å². The number of hydrogen-bond acceptors (Lipinski definition) is 2. The summed E-state index contributed by atoms with van der Waals surface area (Å²) in [5, 5.41) is 5.52. The van der Waals surface area contributed by atoms with Crippen molar-refractivity contribution in [2.24, 2.45) is 10.9 Å². The maximum atomic E-state index is 4.71. The number of likely N-dealkylation sites (N-methyl/N-ethyl adjacent to an activating group) is 1. The Labute approximate surface area is 137 Å². The molecule has 0 amide bonds. The van der Waals surface area contributed by atoms with Crippen LogP contribution in [0.3, 0.4) is 0 Å². The number of aliphatic imine (C=N–C) groups is 1. The van der Waals surface area contributed by atoms with Crippen LogP contribution >= 0.6 is 35.3 Å². The van der Waals surface area contributed by atoms with E-state index >= 15 is 0 Å². The Balaban J connectivity index is 0.00000180. The fourth-order valence-electron chi connectivity index (χ4n) is 1.82. The third-order valence-electron chi connectivity index (χ3n) is 3.17. The second-order valence-electron chi connectivity index (χ2n) is 4.89. The van der Waals surface area contributed by atoms with Crippen molar-refractivity contribution in [2.45, 2.75) is 26.2 Å². The van der Waals surface area contributed by atoms with Gasteiger partial charge in [0.05, 0.1) is 0 Å². The first-order valence-corrected chi connectivity index (χ1v) is 7.69. The van der Waals surface area contributed by atoms with Crippen LogP contribution in [-0.2, 0) is 6.42 Å². The number of halogens is 1. The molecule has 108 valence electrons. The number of nitrogens with one attached hydrogen (secondary N) is 1. The maximum absolute atomic E-state index is 4.71. The SMILES string of the molecule is CCNC(=NCC1CC1)N(C)CCc1cccs1.I. The van der Waals surface area contributed by atoms with E-state index < -0.39 is 0 Å². The second kappa shape index (κ2) is 8.79. The minimum absolute atomic E-state index is 0. The topological polar surface area (TPSA) is 27.6 Å². The third-order valence-corrected chi connectivity index (χ3v) is 4.10. The summed E-state index contributed by atoms with van der Waals surface area (Å²) < 4.78 is 0. The molecule has 0 bridgehead atoms. The predicted octanol–water partition coefficient (Wildman–Crippen LogP) is 3.22. The average molecular weight is 393 g/mol. The third kappa shape index (κ3) is 6.12. The quantitative estimate of drug-likeness (QED) is 0.457. The molecule has 0 unspecified atom stereocenters. The summed E-state index contributed by atoms with van der Waals surface area (Å²) in [6.45, 7) is 5.08. The molecule has 0 atom stereocenters. The summed E-state index contributed by atoms with van der Waals surface area (Å²) in [5.74, 6) is 1.91. The van der Waals surface area contributed by atoms with E-state index in [4.69, 9.17) is 4.99 Å². The first-order valence-electron chi connectivity index (χ1n) is 6.81. The first kappa shape index (κ1) is 16.8. The summed E-state index contributed by atoms with van der Waals surface area (Å²) in [6.07, 6.45) is 3.83. The molecule has 0 spiro atoms. The standard InChI is InChI=1S/C14H23N3S.HI/c1-3-15-14(16-11-12-6-7-12)17(2)9-8-13-5-4-10-18-13;/h4-5,10,12H,3,6-9,11H2,1-2H3,(H,15,16);1H. The van der Waals surface area contributed by atoms with Crippen LogP contribution in [-0.4, -0.2) is 37.5 Å². The van der Waals surface area contributed by atoms with Gasteiger partial charge in [0.2, 0.25) is 0 Å². The highest BCUT2D eigenvalue weighted by Gasteiger charge is 2.21. The molecule has 19 heavy (non-hydrogen) atoms. The van der Waals surface area contributed by atoms with Crippen molar-refractivity contribution < 1.29 is 0 Å². The summed E-state index contributed by atoms with van der Waals surface area (Å²) in [7, 11) is 2.13. The van der Waals surface area contributed by atoms with Crippen molar-refractivity contribution in [3.05, 3.63) is 22.4 Å². The first-order chi connectivity index (χ1) is 8.79. The van der Waals surface area contributed by atoms with Crippen molar-refractivity contribution in [1.29, 1.82) is 0 Å². The van der Waals surface area contributed by atoms with Crippen molar-refractivity contribution in [2.75, 3.05) is 26.7 Å². The van der Waals surface area contributed by atoms with Gasteiger partial charge in [0.1, 0.15) is 0 Å². The lowest BCUT2D eigenvalue weighted by Crippen LogP contribution is -2.40. The lowest BCUT2D eigenvalue weighted by molar-refractivity contribution is 0.486. The average Bonchev–Trinajstić information content (AvgIpc) is 3.05. The van der Waals surface area contributed by atoms with Gasteiger partial charge in [0.15, 0.2) is 5.96 Å². The van der Waals surface area contributed by atoms with Gasteiger partial charge in [-0.15, -0.1) is 35.3 Å². The van der Waals surface area contributed by atoms with Crippen molar-refractivity contribution in [3.8, 4) is 0 Å². The van der Waals surface area contributed by atoms with Gasteiger partial charge in [-0.05, 0) is 43.6 Å². The van der Waals surface area contributed by atoms with Crippen LogP contribution in [0.25, 0.3) is 0 Å². The number of guanidine groups is 1. The molecule has 1 fully saturated rings. The van der Waals surface area contributed by atoms with Gasteiger partial charge < -0.3 is 10.2 Å². The Bertz CT molecular complexity index is 374. The van der Waals surface area contributed by atoms with Crippen LogP contribution < -0.4 is 5.32 Å². The molecule has 0 radical (unpaired) electrons. The van der Waals surface area contributed by atoms with Crippen LogP contribution in [0.15, 0.2) is 22.5 Å². The van der Waals surface area contributed by atoms with Crippen LogP contribution in [0.4, 0.5) is 0 Å². The fourth-order valence-corrected chi connectivity index (χ4v) is 2.52. The molecule has 0 aromatic carbocycles. The zero-order valence-electron chi connectivity index (χ0n) is 11.8. The van der Waals surface area contributed by atoms with Gasteiger partial charge in [-0.25, -0.2) is 0 Å². The van der Waals surface area contributed by atoms with Crippen molar-refractivity contribution in [1.82, 2.24) is 10.2 Å². The Hall–Kier alpha value is -0.300. The molecule has 5 heteroatoms. The lowest BCUT2D eigenvalue weighted by atomic mass is 10.3. The number of hydrogen-bond donors (Lipinski definition) is 1. The van der Waals surface area contributed by atoms with Crippen molar-refractivity contribution >= 4 is 41.3 Å². The van der Waals surface area contributed by atoms with Gasteiger partial charge in [-0.1, -0.05) is 6.07 Å². The zero-order valence-corrected chi connectivity index (χ0v) is 14.9. The molecular weight excluding hydrogens is 369 g/mol. The summed E-state index contributed by atoms with van der Waals surface area (Å²) in [5.41, 5.74) is 0. The molecule has 1 aliphatic carbocycles. The number of nitrogens with zero attached hydrogens (tertiary/aromatic N) is 2. The monoisotopic (exact) mass is 393 g/mol. The Kier molecular flexibility index (Phi) is 7.75. The molecule has 2 rings (SSSR count). The van der Waals surface area contributed by atoms with Gasteiger partial charge in [0.25, 0.3) is 0 Å². The molecule has 1 aromatic heterocycles. The van der Waals surface area contributed by atoms with E-state index in [-0.39, 0.29) is 24.0 Å². The van der Waals surface area contributed by atoms with E-state index in [2.05, 4.69) is 41.7 Å². The summed E-state index contributed by atoms with van der Waals surface area (Å²) >= 11 is 1.83. The van der Waals surface area contributed by atoms with E-state index in [1.54, 1.807) is 0 Å². The Morgan fingerprint density at radius 2 is 2.32 bits per heavy atom. The highest BCUT2D eigenvalue weighted by molar-refractivity contribution is 14.0. The van der Waals surface area contributed by atoms with Gasteiger partial charge in [0, 0.05) is 31.6 Å². The van der Waals surface area contributed by atoms with E-state index in [1.165, 1.54) is 17.7 Å². The molecule has 0 saturated heterocycles. The van der Waals surface area contributed by atoms with Gasteiger partial charge >= 0.3 is 0 Å². The number of rotatable bonds is 6. The Morgan fingerprint density at radius 3 is 2.89 bits per heavy atom. The van der Waals surface area contributed by atoms with Crippen LogP contribution in [0.5, 0.6) is 0 Å². The summed E-state index contributed by atoms with van der Waals surface area (Å²) in [6, 6.07) is 4.32. The molecular formula is C14H24IN3S. The molecule has 1 aliphatic rings. The predicted molar refractivity (Wildman–Crippen MR) is 94.8 cm³/mol. The molecule has 1 aromatic rings. The highest BCUT2D eigenvalue weighted by Crippen LogP contribution is 2.28. The second-order valence-corrected chi connectivity index (χ2v) is 5.92. The van der Waals surface area contributed by atoms with Crippen molar-refractivity contribution in [3.63, 3.8) is 0 Å². The zero-order chi connectivity index (χ0) is 12.8. The minimum Gasteiger partial charge on any atom is -0.357 e. The van der Waals surface area contributed by atoms with Crippen LogP contribution in [0, 0.1) is 5.92 Å². The van der Waals surface area contributed by atoms with Gasteiger partial charge in [-0.3, -0.25) is 4.99 Å². The maximum Gasteiger partial charge on any atom is 0.193 e. The Morgan fingerprint density at radius 1 is 1.53 bits per heavy atom. The highest BCUT2D eigenvalue weighted by atomic mass is 127. The molecule has 0 aliphatic heterocycles. The molecule has 3 nitrogen and oxygen atoms in total. The smallest absolute Gasteiger partial charge is 0.193 e. The van der Waals surface area contributed by atoms with Gasteiger partial charge in [-0.2, -0.15) is 0 Å². The minimum atomic E-state index is 0. The normalized spacial score (nSPS) is 14.9. The van der Waals surface area contributed by atoms with Crippen LogP contribution in [0.1, 0.15) is 24.6 Å². The van der Waals surface area contributed by atoms with E-state index in [0.717, 1.165) is 37.9 Å². The molecule has 1 heterocycles. The summed E-state index contributed by atoms with van der Waals surface area (Å²) in [4.78, 5) is 8.40. The largest absolute Gasteiger partial charge is 0.357 e.